The maximum absolute atomic E-state index is 12.9. The Kier molecular flexibility index (Phi) is 4.25. The number of fused-ring (bicyclic) bond motifs is 1. The lowest BCUT2D eigenvalue weighted by Gasteiger charge is -2.12. The Morgan fingerprint density at radius 3 is 2.57 bits per heavy atom. The second-order valence-electron chi connectivity index (χ2n) is 4.91. The van der Waals surface area contributed by atoms with Gasteiger partial charge in [0.15, 0.2) is 10.8 Å². The third-order valence-corrected chi connectivity index (χ3v) is 4.76. The van der Waals surface area contributed by atoms with Crippen LogP contribution in [0.3, 0.4) is 0 Å². The molecule has 2 aromatic heterocycles. The molecule has 0 amide bonds. The molecule has 0 fully saturated rings. The van der Waals surface area contributed by atoms with Gasteiger partial charge in [0.1, 0.15) is 0 Å². The van der Waals surface area contributed by atoms with Gasteiger partial charge in [-0.15, -0.1) is 10.2 Å². The standard InChI is InChI=1S/C15H11ClF3N3S/c1-9(11-4-2-3-5-12(11)16)23-14-21-20-13-7-6-10(8-22(13)14)15(17,18)19/h2-9H,1H3. The van der Waals surface area contributed by atoms with Crippen LogP contribution in [-0.4, -0.2) is 14.6 Å². The van der Waals surface area contributed by atoms with Gasteiger partial charge >= 0.3 is 6.18 Å². The lowest BCUT2D eigenvalue weighted by atomic mass is 10.2. The van der Waals surface area contributed by atoms with E-state index >= 15 is 0 Å². The Labute approximate surface area is 139 Å². The lowest BCUT2D eigenvalue weighted by Crippen LogP contribution is -2.06. The fraction of sp³-hybridized carbons (Fsp3) is 0.200. The number of hydrogen-bond acceptors (Lipinski definition) is 3. The smallest absolute Gasteiger partial charge is 0.277 e. The number of pyridine rings is 1. The van der Waals surface area contributed by atoms with Gasteiger partial charge in [-0.3, -0.25) is 4.40 Å². The third kappa shape index (κ3) is 3.30. The minimum Gasteiger partial charge on any atom is -0.277 e. The van der Waals surface area contributed by atoms with Crippen molar-refractivity contribution in [1.82, 2.24) is 14.6 Å². The highest BCUT2D eigenvalue weighted by Gasteiger charge is 2.31. The minimum atomic E-state index is -4.41. The SMILES string of the molecule is CC(Sc1nnc2ccc(C(F)(F)F)cn12)c1ccccc1Cl. The zero-order valence-electron chi connectivity index (χ0n) is 11.9. The van der Waals surface area contributed by atoms with Crippen LogP contribution >= 0.6 is 23.4 Å². The van der Waals surface area contributed by atoms with Crippen LogP contribution in [0.4, 0.5) is 13.2 Å². The molecule has 8 heteroatoms. The molecule has 3 nitrogen and oxygen atoms in total. The summed E-state index contributed by atoms with van der Waals surface area (Å²) in [5.41, 5.74) is 0.520. The van der Waals surface area contributed by atoms with Crippen LogP contribution in [-0.2, 0) is 6.18 Å². The Bertz CT molecular complexity index is 847. The van der Waals surface area contributed by atoms with E-state index in [-0.39, 0.29) is 5.25 Å². The first-order valence-electron chi connectivity index (χ1n) is 6.69. The zero-order chi connectivity index (χ0) is 16.6. The van der Waals surface area contributed by atoms with Crippen LogP contribution in [0.1, 0.15) is 23.3 Å². The highest BCUT2D eigenvalue weighted by molar-refractivity contribution is 7.99. The Morgan fingerprint density at radius 2 is 1.87 bits per heavy atom. The molecule has 0 N–H and O–H groups in total. The van der Waals surface area contributed by atoms with Crippen LogP contribution in [0.5, 0.6) is 0 Å². The van der Waals surface area contributed by atoms with Gasteiger partial charge < -0.3 is 0 Å². The molecule has 1 aromatic carbocycles. The fourth-order valence-corrected chi connectivity index (χ4v) is 3.50. The number of thioether (sulfide) groups is 1. The molecule has 1 unspecified atom stereocenters. The maximum atomic E-state index is 12.9. The number of halogens is 4. The Morgan fingerprint density at radius 1 is 1.13 bits per heavy atom. The molecule has 0 radical (unpaired) electrons. The molecule has 3 aromatic rings. The van der Waals surface area contributed by atoms with Crippen molar-refractivity contribution >= 4 is 29.0 Å². The maximum Gasteiger partial charge on any atom is 0.417 e. The average Bonchev–Trinajstić information content (AvgIpc) is 2.89. The first kappa shape index (κ1) is 16.1. The molecular formula is C15H11ClF3N3S. The molecule has 0 bridgehead atoms. The van der Waals surface area contributed by atoms with E-state index < -0.39 is 11.7 Å². The normalized spacial score (nSPS) is 13.4. The van der Waals surface area contributed by atoms with Crippen LogP contribution in [0.15, 0.2) is 47.8 Å². The predicted octanol–water partition coefficient (Wildman–Crippen LogP) is 5.25. The summed E-state index contributed by atoms with van der Waals surface area (Å²) < 4.78 is 39.9. The minimum absolute atomic E-state index is 0.0781. The van der Waals surface area contributed by atoms with Crippen molar-refractivity contribution in [2.45, 2.75) is 23.5 Å². The summed E-state index contributed by atoms with van der Waals surface area (Å²) >= 11 is 7.46. The molecule has 0 aliphatic heterocycles. The van der Waals surface area contributed by atoms with E-state index in [0.717, 1.165) is 17.8 Å². The van der Waals surface area contributed by atoms with Crippen molar-refractivity contribution in [2.24, 2.45) is 0 Å². The van der Waals surface area contributed by atoms with E-state index in [1.807, 2.05) is 25.1 Å². The van der Waals surface area contributed by atoms with Gasteiger partial charge in [-0.1, -0.05) is 41.6 Å². The van der Waals surface area contributed by atoms with E-state index in [9.17, 15) is 13.2 Å². The average molecular weight is 358 g/mol. The molecule has 1 atom stereocenters. The molecule has 0 aliphatic carbocycles. The topological polar surface area (TPSA) is 30.2 Å². The van der Waals surface area contributed by atoms with Crippen LogP contribution < -0.4 is 0 Å². The molecule has 2 heterocycles. The molecule has 23 heavy (non-hydrogen) atoms. The molecule has 3 rings (SSSR count). The molecule has 120 valence electrons. The van der Waals surface area contributed by atoms with E-state index in [1.54, 1.807) is 6.07 Å². The second kappa shape index (κ2) is 6.05. The summed E-state index contributed by atoms with van der Waals surface area (Å²) in [6.07, 6.45) is -3.40. The van der Waals surface area contributed by atoms with E-state index in [4.69, 9.17) is 11.6 Å². The summed E-state index contributed by atoms with van der Waals surface area (Å²) in [5, 5.41) is 8.80. The lowest BCUT2D eigenvalue weighted by molar-refractivity contribution is -0.137. The first-order valence-corrected chi connectivity index (χ1v) is 7.95. The van der Waals surface area contributed by atoms with Crippen LogP contribution in [0.25, 0.3) is 5.65 Å². The van der Waals surface area contributed by atoms with E-state index in [2.05, 4.69) is 10.2 Å². The predicted molar refractivity (Wildman–Crippen MR) is 83.7 cm³/mol. The Hall–Kier alpha value is -1.73. The fourth-order valence-electron chi connectivity index (χ4n) is 2.14. The summed E-state index contributed by atoms with van der Waals surface area (Å²) in [7, 11) is 0. The van der Waals surface area contributed by atoms with Crippen molar-refractivity contribution < 1.29 is 13.2 Å². The monoisotopic (exact) mass is 357 g/mol. The number of hydrogen-bond donors (Lipinski definition) is 0. The van der Waals surface area contributed by atoms with Gasteiger partial charge in [-0.2, -0.15) is 13.2 Å². The van der Waals surface area contributed by atoms with Crippen LogP contribution in [0.2, 0.25) is 5.02 Å². The molecule has 0 saturated carbocycles. The molecular weight excluding hydrogens is 347 g/mol. The Balaban J connectivity index is 1.95. The van der Waals surface area contributed by atoms with Gasteiger partial charge in [0.05, 0.1) is 5.56 Å². The number of alkyl halides is 3. The summed E-state index contributed by atoms with van der Waals surface area (Å²) in [6.45, 7) is 1.92. The number of nitrogens with zero attached hydrogens (tertiary/aromatic N) is 3. The van der Waals surface area contributed by atoms with Gasteiger partial charge in [-0.05, 0) is 30.7 Å². The molecule has 0 saturated heterocycles. The number of benzene rings is 1. The molecule has 0 spiro atoms. The summed E-state index contributed by atoms with van der Waals surface area (Å²) in [5.74, 6) is 0. The van der Waals surface area contributed by atoms with Crippen molar-refractivity contribution in [3.8, 4) is 0 Å². The zero-order valence-corrected chi connectivity index (χ0v) is 13.5. The highest BCUT2D eigenvalue weighted by Crippen LogP contribution is 2.37. The largest absolute Gasteiger partial charge is 0.417 e. The van der Waals surface area contributed by atoms with Crippen molar-refractivity contribution in [3.63, 3.8) is 0 Å². The van der Waals surface area contributed by atoms with Crippen LogP contribution in [0, 0.1) is 0 Å². The van der Waals surface area contributed by atoms with Gasteiger partial charge in [0.25, 0.3) is 0 Å². The van der Waals surface area contributed by atoms with Gasteiger partial charge in [0.2, 0.25) is 0 Å². The van der Waals surface area contributed by atoms with Gasteiger partial charge in [0, 0.05) is 16.5 Å². The van der Waals surface area contributed by atoms with Crippen molar-refractivity contribution in [1.29, 1.82) is 0 Å². The van der Waals surface area contributed by atoms with Crippen molar-refractivity contribution in [2.75, 3.05) is 0 Å². The third-order valence-electron chi connectivity index (χ3n) is 3.32. The summed E-state index contributed by atoms with van der Waals surface area (Å²) in [6, 6.07) is 9.64. The second-order valence-corrected chi connectivity index (χ2v) is 6.62. The van der Waals surface area contributed by atoms with E-state index in [1.165, 1.54) is 22.2 Å². The van der Waals surface area contributed by atoms with Gasteiger partial charge in [-0.25, -0.2) is 0 Å². The number of aromatic nitrogens is 3. The van der Waals surface area contributed by atoms with Crippen molar-refractivity contribution in [3.05, 3.63) is 58.7 Å². The highest BCUT2D eigenvalue weighted by atomic mass is 35.5. The van der Waals surface area contributed by atoms with E-state index in [0.29, 0.717) is 15.8 Å². The summed E-state index contributed by atoms with van der Waals surface area (Å²) in [4.78, 5) is 0. The number of rotatable bonds is 3. The molecule has 0 aliphatic rings. The first-order chi connectivity index (χ1) is 10.9. The quantitative estimate of drug-likeness (QED) is 0.599.